The maximum atomic E-state index is 14.6. The maximum Gasteiger partial charge on any atom is 0.292 e. The number of nitrogens with one attached hydrogen (secondary N) is 1. The van der Waals surface area contributed by atoms with Gasteiger partial charge in [0.25, 0.3) is 6.47 Å². The molecule has 2 heterocycles. The van der Waals surface area contributed by atoms with Crippen molar-refractivity contribution in [1.82, 2.24) is 9.97 Å². The van der Waals surface area contributed by atoms with Crippen molar-refractivity contribution in [2.45, 2.75) is 18.4 Å². The van der Waals surface area contributed by atoms with E-state index >= 15 is 0 Å². The molecule has 1 aliphatic carbocycles. The molecule has 10 heteroatoms. The molecule has 1 unspecified atom stereocenters. The van der Waals surface area contributed by atoms with Gasteiger partial charge in [-0.05, 0) is 60.9 Å². The summed E-state index contributed by atoms with van der Waals surface area (Å²) in [5, 5.41) is 14.5. The van der Waals surface area contributed by atoms with Crippen LogP contribution in [-0.4, -0.2) is 35.7 Å². The number of carbonyl (C=O) groups excluding carboxylic acids is 1. The molecule has 5 rings (SSSR count). The predicted molar refractivity (Wildman–Crippen MR) is 135 cm³/mol. The molecular formula is C26H24ClFN4O4. The average molecular weight is 511 g/mol. The topological polar surface area (TPSA) is 124 Å². The molecule has 4 aromatic rings. The highest BCUT2D eigenvalue weighted by Crippen LogP contribution is 2.43. The summed E-state index contributed by atoms with van der Waals surface area (Å²) in [6, 6.07) is 12.4. The van der Waals surface area contributed by atoms with Gasteiger partial charge in [0, 0.05) is 41.3 Å². The van der Waals surface area contributed by atoms with Gasteiger partial charge in [-0.3, -0.25) is 9.78 Å². The molecule has 0 amide bonds. The van der Waals surface area contributed by atoms with Gasteiger partial charge in [-0.25, -0.2) is 9.37 Å². The molecule has 0 saturated carbocycles. The fraction of sp³-hybridized carbons (Fsp3) is 0.192. The minimum absolute atomic E-state index is 0.0127. The van der Waals surface area contributed by atoms with Crippen molar-refractivity contribution in [2.75, 3.05) is 25.2 Å². The summed E-state index contributed by atoms with van der Waals surface area (Å²) in [7, 11) is 3.16. The molecule has 2 aromatic heterocycles. The Hall–Kier alpha value is -3.95. The molecule has 0 fully saturated rings. The number of hydrogen-bond donors (Lipinski definition) is 3. The zero-order valence-corrected chi connectivity index (χ0v) is 20.3. The molecule has 186 valence electrons. The number of methoxy groups -OCH3 is 1. The average Bonchev–Trinajstić information content (AvgIpc) is 3.53. The van der Waals surface area contributed by atoms with Gasteiger partial charge in [-0.15, -0.1) is 0 Å². The fourth-order valence-corrected chi connectivity index (χ4v) is 4.27. The van der Waals surface area contributed by atoms with Gasteiger partial charge >= 0.3 is 0 Å². The lowest BCUT2D eigenvalue weighted by molar-refractivity contribution is -0.126. The van der Waals surface area contributed by atoms with E-state index in [4.69, 9.17) is 26.5 Å². The second-order valence-corrected chi connectivity index (χ2v) is 8.51. The van der Waals surface area contributed by atoms with Crippen LogP contribution in [-0.2, 0) is 21.6 Å². The largest absolute Gasteiger partial charge is 0.471 e. The highest BCUT2D eigenvalue weighted by molar-refractivity contribution is 6.31. The number of ether oxygens (including phenoxy) is 1. The van der Waals surface area contributed by atoms with E-state index in [0.717, 1.165) is 16.8 Å². The number of carbonyl (C=O) groups is 1. The van der Waals surface area contributed by atoms with Crippen LogP contribution in [0.25, 0.3) is 22.5 Å². The van der Waals surface area contributed by atoms with Gasteiger partial charge in [0.1, 0.15) is 0 Å². The van der Waals surface area contributed by atoms with Gasteiger partial charge in [-0.2, -0.15) is 0 Å². The fourth-order valence-electron chi connectivity index (χ4n) is 4.11. The lowest BCUT2D eigenvalue weighted by Crippen LogP contribution is -2.25. The second-order valence-electron chi connectivity index (χ2n) is 8.11. The highest BCUT2D eigenvalue weighted by Gasteiger charge is 2.44. The van der Waals surface area contributed by atoms with Gasteiger partial charge < -0.3 is 25.3 Å². The second kappa shape index (κ2) is 10.3. The highest BCUT2D eigenvalue weighted by atomic mass is 35.5. The van der Waals surface area contributed by atoms with Crippen molar-refractivity contribution < 1.29 is 23.4 Å². The molecule has 2 aromatic carbocycles. The van der Waals surface area contributed by atoms with E-state index < -0.39 is 11.4 Å². The van der Waals surface area contributed by atoms with Crippen molar-refractivity contribution >= 4 is 29.4 Å². The van der Waals surface area contributed by atoms with Crippen molar-refractivity contribution in [2.24, 2.45) is 0 Å². The van der Waals surface area contributed by atoms with Crippen LogP contribution in [0.2, 0.25) is 5.02 Å². The number of halogens is 2. The molecule has 8 nitrogen and oxygen atoms in total. The molecule has 1 atom stereocenters. The number of nitrogen functional groups attached to an aromatic ring is 1. The molecule has 0 bridgehead atoms. The summed E-state index contributed by atoms with van der Waals surface area (Å²) in [5.74, 6) is 0.135. The van der Waals surface area contributed by atoms with Crippen molar-refractivity contribution in [3.63, 3.8) is 0 Å². The summed E-state index contributed by atoms with van der Waals surface area (Å²) in [4.78, 5) is 17.7. The molecule has 0 spiro atoms. The third-order valence-corrected chi connectivity index (χ3v) is 6.24. The summed E-state index contributed by atoms with van der Waals surface area (Å²) < 4.78 is 24.4. The first-order valence-electron chi connectivity index (χ1n) is 11.0. The van der Waals surface area contributed by atoms with Gasteiger partial charge in [0.05, 0.1) is 24.0 Å². The Bertz CT molecular complexity index is 1390. The van der Waals surface area contributed by atoms with Crippen LogP contribution in [0.3, 0.4) is 0 Å². The predicted octanol–water partition coefficient (Wildman–Crippen LogP) is 4.79. The van der Waals surface area contributed by atoms with E-state index in [1.807, 2.05) is 31.3 Å². The number of aryl methyl sites for hydroxylation is 1. The first kappa shape index (κ1) is 25.2. The quantitative estimate of drug-likeness (QED) is 0.258. The van der Waals surface area contributed by atoms with E-state index in [2.05, 4.69) is 20.0 Å². The minimum Gasteiger partial charge on any atom is -0.471 e. The number of anilines is 2. The van der Waals surface area contributed by atoms with Crippen LogP contribution in [0.5, 0.6) is 0 Å². The van der Waals surface area contributed by atoms with Crippen LogP contribution in [0, 0.1) is 5.82 Å². The normalized spacial score (nSPS) is 16.0. The number of benzene rings is 2. The van der Waals surface area contributed by atoms with Crippen molar-refractivity contribution in [1.29, 1.82) is 0 Å². The van der Waals surface area contributed by atoms with Gasteiger partial charge in [0.2, 0.25) is 5.89 Å². The molecule has 4 N–H and O–H groups in total. The molecule has 36 heavy (non-hydrogen) atoms. The number of nitrogens with two attached hydrogens (primary N) is 1. The lowest BCUT2D eigenvalue weighted by atomic mass is 9.99. The van der Waals surface area contributed by atoms with E-state index in [9.17, 15) is 9.50 Å². The Morgan fingerprint density at radius 3 is 2.58 bits per heavy atom. The Kier molecular flexibility index (Phi) is 7.23. The first-order chi connectivity index (χ1) is 17.3. The molecule has 0 saturated heterocycles. The van der Waals surface area contributed by atoms with Gasteiger partial charge in [0.15, 0.2) is 17.2 Å². The standard InChI is InChI=1S/C24H20ClFN4O2.C2H4O2/c1-28-16-4-2-13(3-5-16)19-12-30-23(32-19)24(31)9-8-14-10-15(11-29-22(14)24)20-18(27)7-6-17(25)21(20)26;1-4-2-3/h2-7,10-12,28,31H,8-9,27H2,1H3;2H,1H3. The number of hydrogen-bond acceptors (Lipinski definition) is 8. The summed E-state index contributed by atoms with van der Waals surface area (Å²) in [6.07, 6.45) is 3.96. The number of oxazole rings is 1. The zero-order valence-electron chi connectivity index (χ0n) is 19.6. The number of pyridine rings is 1. The number of rotatable bonds is 5. The van der Waals surface area contributed by atoms with Crippen LogP contribution in [0.4, 0.5) is 15.8 Å². The number of aliphatic hydroxyl groups is 1. The Labute approximate surface area is 211 Å². The zero-order chi connectivity index (χ0) is 25.9. The Morgan fingerprint density at radius 2 is 1.92 bits per heavy atom. The molecule has 0 radical (unpaired) electrons. The summed E-state index contributed by atoms with van der Waals surface area (Å²) in [6.45, 7) is 0.375. The summed E-state index contributed by atoms with van der Waals surface area (Å²) >= 11 is 5.93. The monoisotopic (exact) mass is 510 g/mol. The van der Waals surface area contributed by atoms with Crippen LogP contribution in [0.1, 0.15) is 23.6 Å². The van der Waals surface area contributed by atoms with Crippen LogP contribution in [0.15, 0.2) is 59.3 Å². The van der Waals surface area contributed by atoms with E-state index in [1.165, 1.54) is 19.4 Å². The molecular weight excluding hydrogens is 487 g/mol. The third kappa shape index (κ3) is 4.62. The number of nitrogens with zero attached hydrogens (tertiary/aromatic N) is 2. The summed E-state index contributed by atoms with van der Waals surface area (Å²) in [5.41, 5.74) is 8.54. The maximum absolute atomic E-state index is 14.6. The van der Waals surface area contributed by atoms with Crippen LogP contribution < -0.4 is 11.1 Å². The van der Waals surface area contributed by atoms with E-state index in [0.29, 0.717) is 36.3 Å². The van der Waals surface area contributed by atoms with Gasteiger partial charge in [-0.1, -0.05) is 11.6 Å². The number of fused-ring (bicyclic) bond motifs is 1. The SMILES string of the molecule is CNc1ccc(-c2cnc(C3(O)CCc4cc(-c5c(N)ccc(Cl)c5F)cnc43)o2)cc1.COC=O. The smallest absolute Gasteiger partial charge is 0.292 e. The number of aromatic nitrogens is 2. The molecule has 0 aliphatic heterocycles. The van der Waals surface area contributed by atoms with E-state index in [1.54, 1.807) is 18.3 Å². The Morgan fingerprint density at radius 1 is 1.19 bits per heavy atom. The van der Waals surface area contributed by atoms with Crippen molar-refractivity contribution in [3.8, 4) is 22.5 Å². The van der Waals surface area contributed by atoms with Crippen molar-refractivity contribution in [3.05, 3.63) is 82.8 Å². The lowest BCUT2D eigenvalue weighted by Gasteiger charge is -2.19. The Balaban J connectivity index is 0.000000709. The molecule has 1 aliphatic rings. The minimum atomic E-state index is -1.46. The first-order valence-corrected chi connectivity index (χ1v) is 11.4. The van der Waals surface area contributed by atoms with Crippen LogP contribution >= 0.6 is 11.6 Å². The third-order valence-electron chi connectivity index (χ3n) is 5.94. The van der Waals surface area contributed by atoms with E-state index in [-0.39, 0.29) is 22.2 Å².